The fourth-order valence-electron chi connectivity index (χ4n) is 1.47. The zero-order chi connectivity index (χ0) is 11.9. The molecular weight excluding hydrogens is 191 g/mol. The van der Waals surface area contributed by atoms with Crippen molar-refractivity contribution in [1.82, 2.24) is 5.01 Å². The van der Waals surface area contributed by atoms with Crippen molar-refractivity contribution >= 4 is 7.12 Å². The lowest BCUT2D eigenvalue weighted by Crippen LogP contribution is -2.41. The van der Waals surface area contributed by atoms with E-state index in [9.17, 15) is 0 Å². The number of allylic oxidation sites excluding steroid dienone is 1. The third kappa shape index (κ3) is 2.19. The van der Waals surface area contributed by atoms with Crippen LogP contribution in [0.3, 0.4) is 0 Å². The molecule has 1 fully saturated rings. The molecule has 0 aromatic heterocycles. The Balaban J connectivity index is 2.87. The maximum absolute atomic E-state index is 5.87. The van der Waals surface area contributed by atoms with Crippen molar-refractivity contribution in [2.45, 2.75) is 45.8 Å². The molecule has 0 saturated carbocycles. The summed E-state index contributed by atoms with van der Waals surface area (Å²) in [5, 5.41) is 1.53. The summed E-state index contributed by atoms with van der Waals surface area (Å²) in [6, 6.07) is 0. The molecule has 0 amide bonds. The van der Waals surface area contributed by atoms with E-state index in [1.807, 2.05) is 40.7 Å². The van der Waals surface area contributed by atoms with Crippen LogP contribution in [0.25, 0.3) is 0 Å². The lowest BCUT2D eigenvalue weighted by molar-refractivity contribution is 0.00578. The fraction of sp³-hybridized carbons (Fsp3) is 0.800. The summed E-state index contributed by atoms with van der Waals surface area (Å²) >= 11 is 0. The molecule has 15 heavy (non-hydrogen) atoms. The van der Waals surface area contributed by atoms with Gasteiger partial charge in [0.15, 0.2) is 0 Å². The van der Waals surface area contributed by atoms with Gasteiger partial charge < -0.3 is 14.3 Å². The number of hydrogen-bond donors (Lipinski definition) is 1. The first-order valence-electron chi connectivity index (χ1n) is 5.21. The molecule has 1 saturated heterocycles. The Morgan fingerprint density at radius 2 is 1.60 bits per heavy atom. The van der Waals surface area contributed by atoms with Crippen LogP contribution in [-0.4, -0.2) is 30.4 Å². The minimum Gasteiger partial charge on any atom is -0.398 e. The molecule has 5 heteroatoms. The highest BCUT2D eigenvalue weighted by Crippen LogP contribution is 2.38. The van der Waals surface area contributed by atoms with Gasteiger partial charge >= 0.3 is 7.12 Å². The summed E-state index contributed by atoms with van der Waals surface area (Å²) in [4.78, 5) is 0. The van der Waals surface area contributed by atoms with Gasteiger partial charge in [-0.15, -0.1) is 0 Å². The molecule has 0 bridgehead atoms. The van der Waals surface area contributed by atoms with E-state index in [1.165, 1.54) is 5.01 Å². The average Bonchev–Trinajstić information content (AvgIpc) is 2.21. The van der Waals surface area contributed by atoms with Crippen molar-refractivity contribution in [3.05, 3.63) is 11.7 Å². The van der Waals surface area contributed by atoms with E-state index in [-0.39, 0.29) is 18.3 Å². The lowest BCUT2D eigenvalue weighted by Gasteiger charge is -2.32. The Morgan fingerprint density at radius 3 is 1.87 bits per heavy atom. The molecule has 0 aromatic rings. The minimum atomic E-state index is -0.380. The second-order valence-corrected chi connectivity index (χ2v) is 4.91. The normalized spacial score (nSPS) is 24.5. The molecule has 1 aliphatic rings. The smallest absolute Gasteiger partial charge is 0.398 e. The summed E-state index contributed by atoms with van der Waals surface area (Å²) in [5.74, 6) is 5.71. The van der Waals surface area contributed by atoms with Crippen molar-refractivity contribution < 1.29 is 9.31 Å². The number of hydrogen-bond acceptors (Lipinski definition) is 4. The molecule has 1 heterocycles. The van der Waals surface area contributed by atoms with Crippen LogP contribution in [0.4, 0.5) is 0 Å². The van der Waals surface area contributed by atoms with Gasteiger partial charge in [-0.2, -0.15) is 0 Å². The molecule has 1 aliphatic heterocycles. The van der Waals surface area contributed by atoms with Crippen LogP contribution in [0.15, 0.2) is 11.7 Å². The molecule has 2 N–H and O–H groups in total. The number of rotatable bonds is 2. The van der Waals surface area contributed by atoms with Gasteiger partial charge in [0.1, 0.15) is 0 Å². The molecule has 0 aromatic carbocycles. The van der Waals surface area contributed by atoms with E-state index in [1.54, 1.807) is 7.05 Å². The van der Waals surface area contributed by atoms with E-state index in [4.69, 9.17) is 15.2 Å². The lowest BCUT2D eigenvalue weighted by atomic mass is 9.84. The maximum atomic E-state index is 5.87. The highest BCUT2D eigenvalue weighted by Gasteiger charge is 2.52. The fourth-order valence-corrected chi connectivity index (χ4v) is 1.47. The van der Waals surface area contributed by atoms with Gasteiger partial charge in [-0.05, 0) is 34.6 Å². The zero-order valence-corrected chi connectivity index (χ0v) is 10.5. The first kappa shape index (κ1) is 12.6. The van der Waals surface area contributed by atoms with Gasteiger partial charge in [-0.1, -0.05) is 6.08 Å². The molecule has 0 aliphatic carbocycles. The monoisotopic (exact) mass is 212 g/mol. The van der Waals surface area contributed by atoms with Crippen molar-refractivity contribution in [1.29, 1.82) is 0 Å². The van der Waals surface area contributed by atoms with Crippen molar-refractivity contribution in [3.8, 4) is 0 Å². The van der Waals surface area contributed by atoms with Crippen LogP contribution >= 0.6 is 0 Å². The SMILES string of the molecule is C/C=C(/B1OC(C)(C)C(C)(C)O1)N(C)N. The van der Waals surface area contributed by atoms with Gasteiger partial charge in [-0.25, -0.2) is 5.84 Å². The summed E-state index contributed by atoms with van der Waals surface area (Å²) in [7, 11) is 1.40. The Bertz CT molecular complexity index is 259. The standard InChI is InChI=1S/C10H21BN2O2/c1-7-8(13(6)12)11-14-9(2,3)10(4,5)15-11/h7H,12H2,1-6H3/b8-7-. The van der Waals surface area contributed by atoms with Crippen molar-refractivity contribution in [2.24, 2.45) is 5.84 Å². The third-order valence-corrected chi connectivity index (χ3v) is 3.20. The molecule has 4 nitrogen and oxygen atoms in total. The summed E-state index contributed by atoms with van der Waals surface area (Å²) in [6.07, 6.45) is 1.90. The first-order chi connectivity index (χ1) is 6.71. The number of nitrogens with zero attached hydrogens (tertiary/aromatic N) is 1. The molecule has 0 radical (unpaired) electrons. The topological polar surface area (TPSA) is 47.7 Å². The first-order valence-corrected chi connectivity index (χ1v) is 5.21. The summed E-state index contributed by atoms with van der Waals surface area (Å²) < 4.78 is 11.7. The van der Waals surface area contributed by atoms with E-state index >= 15 is 0 Å². The number of hydrazine groups is 1. The van der Waals surface area contributed by atoms with Gasteiger partial charge in [0.05, 0.1) is 16.8 Å². The molecule has 0 spiro atoms. The van der Waals surface area contributed by atoms with Crippen molar-refractivity contribution in [2.75, 3.05) is 7.05 Å². The maximum Gasteiger partial charge on any atom is 0.513 e. The summed E-state index contributed by atoms with van der Waals surface area (Å²) in [5.41, 5.74) is 0.206. The van der Waals surface area contributed by atoms with Gasteiger partial charge in [0, 0.05) is 7.05 Å². The molecule has 0 unspecified atom stereocenters. The third-order valence-electron chi connectivity index (χ3n) is 3.20. The largest absolute Gasteiger partial charge is 0.513 e. The summed E-state index contributed by atoms with van der Waals surface area (Å²) in [6.45, 7) is 10.0. The Labute approximate surface area is 92.5 Å². The predicted molar refractivity (Wildman–Crippen MR) is 61.8 cm³/mol. The van der Waals surface area contributed by atoms with Crippen LogP contribution in [0.5, 0.6) is 0 Å². The minimum absolute atomic E-state index is 0.318. The highest BCUT2D eigenvalue weighted by atomic mass is 16.7. The van der Waals surface area contributed by atoms with Crippen LogP contribution in [0, 0.1) is 0 Å². The predicted octanol–water partition coefficient (Wildman–Crippen LogP) is 1.33. The Kier molecular flexibility index (Phi) is 3.19. The van der Waals surface area contributed by atoms with E-state index in [0.29, 0.717) is 0 Å². The zero-order valence-electron chi connectivity index (χ0n) is 10.5. The molecular formula is C10H21BN2O2. The second kappa shape index (κ2) is 3.81. The van der Waals surface area contributed by atoms with Gasteiger partial charge in [0.2, 0.25) is 0 Å². The molecule has 86 valence electrons. The quantitative estimate of drug-likeness (QED) is 0.426. The van der Waals surface area contributed by atoms with E-state index in [0.717, 1.165) is 5.60 Å². The molecule has 1 rings (SSSR count). The van der Waals surface area contributed by atoms with Crippen molar-refractivity contribution in [3.63, 3.8) is 0 Å². The van der Waals surface area contributed by atoms with Gasteiger partial charge in [0.25, 0.3) is 0 Å². The van der Waals surface area contributed by atoms with Crippen LogP contribution < -0.4 is 5.84 Å². The van der Waals surface area contributed by atoms with Gasteiger partial charge in [-0.3, -0.25) is 0 Å². The highest BCUT2D eigenvalue weighted by molar-refractivity contribution is 6.54. The van der Waals surface area contributed by atoms with E-state index in [2.05, 4.69) is 0 Å². The Hall–Kier alpha value is -0.515. The Morgan fingerprint density at radius 1 is 1.20 bits per heavy atom. The van der Waals surface area contributed by atoms with Crippen LogP contribution in [0.2, 0.25) is 0 Å². The second-order valence-electron chi connectivity index (χ2n) is 4.91. The number of nitrogens with two attached hydrogens (primary N) is 1. The van der Waals surface area contributed by atoms with Crippen LogP contribution in [-0.2, 0) is 9.31 Å². The van der Waals surface area contributed by atoms with Crippen LogP contribution in [0.1, 0.15) is 34.6 Å². The van der Waals surface area contributed by atoms with E-state index < -0.39 is 0 Å². The molecule has 0 atom stereocenters. The average molecular weight is 212 g/mol.